The van der Waals surface area contributed by atoms with Crippen LogP contribution in [0.2, 0.25) is 0 Å². The molecule has 18 heavy (non-hydrogen) atoms. The maximum atomic E-state index is 10.5. The van der Waals surface area contributed by atoms with Gasteiger partial charge in [0.25, 0.3) is 10.2 Å². The lowest BCUT2D eigenvalue weighted by Gasteiger charge is -2.39. The summed E-state index contributed by atoms with van der Waals surface area (Å²) >= 11 is 0. The molecule has 0 spiro atoms. The first kappa shape index (κ1) is 13.5. The minimum absolute atomic E-state index is 0.124. The Morgan fingerprint density at radius 2 is 1.78 bits per heavy atom. The van der Waals surface area contributed by atoms with E-state index in [0.29, 0.717) is 0 Å². The van der Waals surface area contributed by atoms with Gasteiger partial charge in [0.2, 0.25) is 0 Å². The molecule has 0 N–H and O–H groups in total. The van der Waals surface area contributed by atoms with Crippen LogP contribution in [0.25, 0.3) is 0 Å². The molecular weight excluding hydrogens is 284 g/mol. The van der Waals surface area contributed by atoms with E-state index >= 15 is 0 Å². The van der Waals surface area contributed by atoms with Gasteiger partial charge >= 0.3 is 0 Å². The molecule has 1 aliphatic heterocycles. The highest BCUT2D eigenvalue weighted by Crippen LogP contribution is 2.51. The van der Waals surface area contributed by atoms with Gasteiger partial charge in [0.1, 0.15) is 12.2 Å². The van der Waals surface area contributed by atoms with Gasteiger partial charge < -0.3 is 9.68 Å². The topological polar surface area (TPSA) is 105 Å². The third kappa shape index (κ3) is 2.74. The highest BCUT2D eigenvalue weighted by atomic mass is 33.1. The molecule has 10 heteroatoms. The Labute approximate surface area is 110 Å². The Hall–Kier alpha value is -0.900. The number of hydrogen-bond acceptors (Lipinski definition) is 8. The first-order valence-electron chi connectivity index (χ1n) is 5.39. The van der Waals surface area contributed by atoms with E-state index in [1.807, 2.05) is 0 Å². The van der Waals surface area contributed by atoms with Crippen molar-refractivity contribution in [1.82, 2.24) is 0 Å². The SMILES string of the molecule is CC1CC2CSSC2C(O[N+](=O)[O-])C1O[N+](=O)[O-]. The third-order valence-electron chi connectivity index (χ3n) is 3.22. The average molecular weight is 296 g/mol. The van der Waals surface area contributed by atoms with Crippen LogP contribution in [-0.2, 0) is 9.68 Å². The van der Waals surface area contributed by atoms with Crippen molar-refractivity contribution in [2.24, 2.45) is 11.8 Å². The van der Waals surface area contributed by atoms with Crippen LogP contribution in [-0.4, -0.2) is 33.4 Å². The summed E-state index contributed by atoms with van der Waals surface area (Å²) in [6.45, 7) is 1.80. The molecule has 1 saturated carbocycles. The lowest BCUT2D eigenvalue weighted by molar-refractivity contribution is -0.801. The number of nitrogens with zero attached hydrogens (tertiary/aromatic N) is 2. The van der Waals surface area contributed by atoms with Crippen LogP contribution >= 0.6 is 21.6 Å². The highest BCUT2D eigenvalue weighted by Gasteiger charge is 2.50. The Morgan fingerprint density at radius 3 is 2.39 bits per heavy atom. The summed E-state index contributed by atoms with van der Waals surface area (Å²) in [6.07, 6.45) is -0.988. The van der Waals surface area contributed by atoms with Crippen LogP contribution in [0.3, 0.4) is 0 Å². The van der Waals surface area contributed by atoms with Crippen molar-refractivity contribution < 1.29 is 19.8 Å². The van der Waals surface area contributed by atoms with Gasteiger partial charge in [-0.25, -0.2) is 0 Å². The molecule has 0 aromatic carbocycles. The summed E-state index contributed by atoms with van der Waals surface area (Å²) in [6, 6.07) is 0. The monoisotopic (exact) mass is 296 g/mol. The van der Waals surface area contributed by atoms with Crippen molar-refractivity contribution in [3.8, 4) is 0 Å². The van der Waals surface area contributed by atoms with Gasteiger partial charge in [-0.1, -0.05) is 28.5 Å². The summed E-state index contributed by atoms with van der Waals surface area (Å²) < 4.78 is 0. The van der Waals surface area contributed by atoms with Crippen LogP contribution in [0.1, 0.15) is 13.3 Å². The summed E-state index contributed by atoms with van der Waals surface area (Å²) in [4.78, 5) is 30.3. The third-order valence-corrected chi connectivity index (χ3v) is 6.28. The highest BCUT2D eigenvalue weighted by molar-refractivity contribution is 8.77. The zero-order chi connectivity index (χ0) is 13.3. The van der Waals surface area contributed by atoms with Gasteiger partial charge in [-0.15, -0.1) is 20.2 Å². The number of hydrogen-bond donors (Lipinski definition) is 0. The molecule has 1 heterocycles. The van der Waals surface area contributed by atoms with Crippen molar-refractivity contribution in [3.63, 3.8) is 0 Å². The van der Waals surface area contributed by atoms with Crippen LogP contribution in [0.5, 0.6) is 0 Å². The molecule has 2 rings (SSSR count). The Morgan fingerprint density at radius 1 is 1.17 bits per heavy atom. The minimum atomic E-state index is -0.898. The predicted octanol–water partition coefficient (Wildman–Crippen LogP) is 1.56. The van der Waals surface area contributed by atoms with Gasteiger partial charge in [-0.3, -0.25) is 0 Å². The summed E-state index contributed by atoms with van der Waals surface area (Å²) in [5.74, 6) is 1.04. The average Bonchev–Trinajstić information content (AvgIpc) is 2.69. The lowest BCUT2D eigenvalue weighted by Crippen LogP contribution is -2.52. The summed E-state index contributed by atoms with van der Waals surface area (Å²) in [5.41, 5.74) is 0. The second kappa shape index (κ2) is 5.39. The Kier molecular flexibility index (Phi) is 4.05. The first-order valence-corrected chi connectivity index (χ1v) is 7.78. The first-order chi connectivity index (χ1) is 8.49. The zero-order valence-electron chi connectivity index (χ0n) is 9.46. The van der Waals surface area contributed by atoms with Crippen LogP contribution < -0.4 is 0 Å². The van der Waals surface area contributed by atoms with E-state index in [1.165, 1.54) is 10.8 Å². The quantitative estimate of drug-likeness (QED) is 0.437. The molecule has 5 atom stereocenters. The van der Waals surface area contributed by atoms with Crippen molar-refractivity contribution in [3.05, 3.63) is 20.2 Å². The molecule has 2 aliphatic rings. The van der Waals surface area contributed by atoms with E-state index in [1.54, 1.807) is 17.7 Å². The van der Waals surface area contributed by atoms with Crippen molar-refractivity contribution in [1.29, 1.82) is 0 Å². The molecule has 0 radical (unpaired) electrons. The van der Waals surface area contributed by atoms with E-state index < -0.39 is 22.4 Å². The van der Waals surface area contributed by atoms with E-state index in [-0.39, 0.29) is 17.1 Å². The lowest BCUT2D eigenvalue weighted by atomic mass is 9.79. The fourth-order valence-electron chi connectivity index (χ4n) is 2.51. The molecule has 0 bridgehead atoms. The normalized spacial score (nSPS) is 38.8. The van der Waals surface area contributed by atoms with E-state index in [2.05, 4.69) is 9.68 Å². The molecule has 102 valence electrons. The summed E-state index contributed by atoms with van der Waals surface area (Å²) in [5, 5.41) is 19.1. The molecule has 0 aromatic heterocycles. The van der Waals surface area contributed by atoms with Crippen molar-refractivity contribution in [2.45, 2.75) is 30.8 Å². The van der Waals surface area contributed by atoms with Gasteiger partial charge in [0.15, 0.2) is 0 Å². The molecule has 1 aliphatic carbocycles. The Balaban J connectivity index is 2.17. The standard InChI is InChI=1S/C8H12N2O6S2/c1-4-2-5-3-17-18-8(5)7(16-10(13)14)6(4)15-9(11)12/h4-8H,2-3H2,1H3. The second-order valence-corrected chi connectivity index (χ2v) is 7.00. The van der Waals surface area contributed by atoms with E-state index in [4.69, 9.17) is 0 Å². The molecule has 5 unspecified atom stereocenters. The van der Waals surface area contributed by atoms with Crippen LogP contribution in [0.15, 0.2) is 0 Å². The Bertz CT molecular complexity index is 356. The van der Waals surface area contributed by atoms with Gasteiger partial charge in [-0.2, -0.15) is 0 Å². The smallest absolute Gasteiger partial charge is 0.294 e. The van der Waals surface area contributed by atoms with Crippen molar-refractivity contribution in [2.75, 3.05) is 5.75 Å². The second-order valence-electron chi connectivity index (χ2n) is 4.41. The van der Waals surface area contributed by atoms with Crippen LogP contribution in [0.4, 0.5) is 0 Å². The molecular formula is C8H12N2O6S2. The number of rotatable bonds is 4. The molecule has 0 amide bonds. The van der Waals surface area contributed by atoms with Gasteiger partial charge in [0, 0.05) is 11.0 Å². The van der Waals surface area contributed by atoms with Crippen molar-refractivity contribution >= 4 is 21.6 Å². The molecule has 1 saturated heterocycles. The number of fused-ring (bicyclic) bond motifs is 1. The van der Waals surface area contributed by atoms with Gasteiger partial charge in [-0.05, 0) is 18.3 Å². The fourth-order valence-corrected chi connectivity index (χ4v) is 6.09. The fraction of sp³-hybridized carbons (Fsp3) is 1.00. The van der Waals surface area contributed by atoms with E-state index in [9.17, 15) is 20.2 Å². The summed E-state index contributed by atoms with van der Waals surface area (Å²) in [7, 11) is 3.12. The van der Waals surface area contributed by atoms with Gasteiger partial charge in [0.05, 0.1) is 0 Å². The molecule has 2 fully saturated rings. The minimum Gasteiger partial charge on any atom is -0.308 e. The molecule has 0 aromatic rings. The maximum Gasteiger partial charge on any atom is 0.294 e. The zero-order valence-corrected chi connectivity index (χ0v) is 11.1. The van der Waals surface area contributed by atoms with E-state index in [0.717, 1.165) is 12.2 Å². The van der Waals surface area contributed by atoms with Crippen LogP contribution in [0, 0.1) is 32.1 Å². The maximum absolute atomic E-state index is 10.5. The largest absolute Gasteiger partial charge is 0.308 e. The predicted molar refractivity (Wildman–Crippen MR) is 64.8 cm³/mol. The molecule has 8 nitrogen and oxygen atoms in total.